The number of allylic oxidation sites excluding steroid dienone is 2. The van der Waals surface area contributed by atoms with Crippen molar-refractivity contribution < 1.29 is 76.0 Å². The number of Topliss-reactive ketones (excluding diaryl/α,β-unsaturated/α-hetero) is 2. The lowest BCUT2D eigenvalue weighted by atomic mass is 9.88. The third kappa shape index (κ3) is 20.1. The Labute approximate surface area is 659 Å². The Balaban J connectivity index is 0.927. The highest BCUT2D eigenvalue weighted by Crippen LogP contribution is 2.45. The highest BCUT2D eigenvalue weighted by atomic mass is 19.1. The molecule has 7 amide bonds. The van der Waals surface area contributed by atoms with E-state index < -0.39 is 120 Å². The third-order valence-electron chi connectivity index (χ3n) is 22.4. The van der Waals surface area contributed by atoms with Gasteiger partial charge in [-0.2, -0.15) is 0 Å². The van der Waals surface area contributed by atoms with Gasteiger partial charge in [0.2, 0.25) is 35.4 Å². The molecule has 0 radical (unpaired) electrons. The molecule has 7 aromatic rings. The molecular formula is C89H103FN8O15. The van der Waals surface area contributed by atoms with Crippen molar-refractivity contribution in [3.05, 3.63) is 208 Å². The topological polar surface area (TPSA) is 280 Å². The molecule has 1 aliphatic carbocycles. The van der Waals surface area contributed by atoms with Gasteiger partial charge in [0.1, 0.15) is 42.9 Å². The number of rotatable bonds is 11. The van der Waals surface area contributed by atoms with E-state index in [-0.39, 0.29) is 102 Å². The number of aryl methyl sites for hydroxylation is 1. The largest absolute Gasteiger partial charge is 0.497 e. The number of ether oxygens (including phenoxy) is 5. The number of benzene rings is 6. The molecule has 5 aliphatic heterocycles. The van der Waals surface area contributed by atoms with Gasteiger partial charge in [0.25, 0.3) is 0 Å². The molecule has 6 aromatic carbocycles. The van der Waals surface area contributed by atoms with Gasteiger partial charge in [0.05, 0.1) is 50.0 Å². The number of fused-ring (bicyclic) bond motifs is 23. The van der Waals surface area contributed by atoms with Gasteiger partial charge in [-0.25, -0.2) is 9.18 Å². The molecule has 6 aliphatic rings. The number of hydrogen-bond donors (Lipinski definition) is 4. The summed E-state index contributed by atoms with van der Waals surface area (Å²) in [5.74, 6) is -6.68. The van der Waals surface area contributed by atoms with E-state index in [2.05, 4.69) is 21.3 Å². The van der Waals surface area contributed by atoms with Crippen molar-refractivity contribution >= 4 is 70.0 Å². The van der Waals surface area contributed by atoms with Gasteiger partial charge in [-0.3, -0.25) is 43.2 Å². The van der Waals surface area contributed by atoms with E-state index in [1.54, 1.807) is 105 Å². The predicted octanol–water partition coefficient (Wildman–Crippen LogP) is 10.7. The van der Waals surface area contributed by atoms with E-state index in [1.165, 1.54) is 31.3 Å². The number of amides is 7. The van der Waals surface area contributed by atoms with Crippen molar-refractivity contribution in [1.29, 1.82) is 0 Å². The number of carbonyl (C=O) groups excluding carboxylic acids is 10. The maximum atomic E-state index is 16.4. The lowest BCUT2D eigenvalue weighted by Gasteiger charge is -2.37. The fourth-order valence-electron chi connectivity index (χ4n) is 16.6. The van der Waals surface area contributed by atoms with Gasteiger partial charge >= 0.3 is 12.1 Å². The fraction of sp³-hybridized carbons (Fsp3) is 0.438. The molecule has 0 spiro atoms. The van der Waals surface area contributed by atoms with Gasteiger partial charge in [0, 0.05) is 93.9 Å². The van der Waals surface area contributed by atoms with E-state index in [4.69, 9.17) is 23.7 Å². The summed E-state index contributed by atoms with van der Waals surface area (Å²) in [5.41, 5.74) is 6.58. The van der Waals surface area contributed by atoms with Crippen LogP contribution in [0.1, 0.15) is 149 Å². The van der Waals surface area contributed by atoms with E-state index in [0.717, 1.165) is 33.4 Å². The Bertz CT molecular complexity index is 4640. The smallest absolute Gasteiger partial charge is 0.407 e. The molecule has 1 aromatic heterocycles. The molecule has 24 heteroatoms. The van der Waals surface area contributed by atoms with Crippen LogP contribution in [0.2, 0.25) is 0 Å². The number of aromatic nitrogens is 1. The quantitative estimate of drug-likeness (QED) is 0.0692. The summed E-state index contributed by atoms with van der Waals surface area (Å²) in [5, 5.41) is 12.2. The molecule has 596 valence electrons. The highest BCUT2D eigenvalue weighted by Gasteiger charge is 2.50. The molecule has 13 rings (SSSR count). The summed E-state index contributed by atoms with van der Waals surface area (Å²) >= 11 is 0. The SMILES string of the molecule is COC(=O)CCC(=O)N1CCCC=CCn2cc(c3cc(F)ccc32)C[C@@H]2CC(=O)[C@@H](NC(=O)OCC3c4ccccc4-c4ccccc43)Cc3cccc(c3)CNC(=O)CO[C@H]3CCN(C2=O)[C@@H]3C(=O)N[C@@H]([C@@H](C)OC(C)(C)C)C(=O)N[C@@H](Cc2ccc(OC)cc2)C(=O)N2CCC[C@@]2(C)C(=O)CCCc2ccc(cc2)C1. The molecule has 23 nitrogen and oxygen atoms in total. The van der Waals surface area contributed by atoms with Crippen LogP contribution in [0.15, 0.2) is 158 Å². The zero-order chi connectivity index (χ0) is 80.1. The van der Waals surface area contributed by atoms with Crippen molar-refractivity contribution in [2.24, 2.45) is 5.92 Å². The standard InChI is InChI=1S/C89H103FN8O15/c1-56(113-88(2,3)4)81-83(104)92-73(46-58-31-34-65(109-6)35-32-58)86(107)98-43-18-40-89(98,5)77(100)26-17-19-57-27-29-59(30-28-57)52-96(79(102)37-38-80(103)110-7)42-15-9-8-14-41-95-53-63(70-50-64(90)33-36-74(70)95)48-62-49-75(99)72(93-87(108)112-54-71-68-24-12-10-22-66(68)67-23-11-13-25-69(67)71)47-60-20-16-21-61(45-60)51-91-78(101)55-111-76-39-44-97(85(62)106)82(76)84(105)94-81/h8,10-14,16,20-25,27-36,45,50,53,56,62,71-73,76,81-82H,9,15,17-19,26,37-44,46-49,51-52,54-55H2,1-7H3,(H,91,101)(H,92,104)(H,93,108)(H,94,105)/t56-,62-,72+,73+,76+,81+,82+,89+/m1/s1. The minimum atomic E-state index is -1.60. The minimum Gasteiger partial charge on any atom is -0.497 e. The minimum absolute atomic E-state index is 0.00393. The Morgan fingerprint density at radius 2 is 1.45 bits per heavy atom. The number of ketones is 2. The van der Waals surface area contributed by atoms with Gasteiger partial charge < -0.3 is 64.2 Å². The number of methoxy groups -OCH3 is 2. The molecule has 113 heavy (non-hydrogen) atoms. The molecule has 2 fully saturated rings. The number of esters is 1. The summed E-state index contributed by atoms with van der Waals surface area (Å²) in [7, 11) is 2.81. The van der Waals surface area contributed by atoms with Crippen LogP contribution < -0.4 is 26.0 Å². The van der Waals surface area contributed by atoms with E-state index >= 15 is 28.4 Å². The Morgan fingerprint density at radius 3 is 2.18 bits per heavy atom. The molecular weight excluding hydrogens is 1440 g/mol. The average molecular weight is 1540 g/mol. The first-order chi connectivity index (χ1) is 54.3. The third-order valence-corrected chi connectivity index (χ3v) is 22.4. The summed E-state index contributed by atoms with van der Waals surface area (Å²) in [4.78, 5) is 154. The van der Waals surface area contributed by atoms with Crippen LogP contribution >= 0.6 is 0 Å². The van der Waals surface area contributed by atoms with Crippen LogP contribution in [-0.4, -0.2) is 173 Å². The maximum absolute atomic E-state index is 16.4. The summed E-state index contributed by atoms with van der Waals surface area (Å²) < 4.78 is 47.2. The summed E-state index contributed by atoms with van der Waals surface area (Å²) in [6, 6.07) is 36.3. The van der Waals surface area contributed by atoms with Crippen LogP contribution in [0, 0.1) is 11.7 Å². The maximum Gasteiger partial charge on any atom is 0.407 e. The Kier molecular flexibility index (Phi) is 26.5. The van der Waals surface area contributed by atoms with Gasteiger partial charge in [0.15, 0.2) is 11.6 Å². The van der Waals surface area contributed by atoms with Crippen LogP contribution in [-0.2, 0) is 107 Å². The highest BCUT2D eigenvalue weighted by molar-refractivity contribution is 5.99. The normalized spacial score (nSPS) is 22.5. The van der Waals surface area contributed by atoms with E-state index in [0.29, 0.717) is 84.0 Å². The monoisotopic (exact) mass is 1540 g/mol. The van der Waals surface area contributed by atoms with Crippen molar-refractivity contribution in [2.75, 3.05) is 47.1 Å². The number of carbonyl (C=O) groups is 10. The van der Waals surface area contributed by atoms with Crippen LogP contribution in [0.5, 0.6) is 5.75 Å². The van der Waals surface area contributed by atoms with E-state index in [1.807, 2.05) is 89.5 Å². The molecule has 8 atom stereocenters. The Hall–Kier alpha value is -10.9. The van der Waals surface area contributed by atoms with Gasteiger partial charge in [-0.1, -0.05) is 121 Å². The summed E-state index contributed by atoms with van der Waals surface area (Å²) in [6.07, 6.45) is 4.55. The lowest BCUT2D eigenvalue weighted by molar-refractivity contribution is -0.150. The number of nitrogens with one attached hydrogen (secondary N) is 4. The zero-order valence-corrected chi connectivity index (χ0v) is 65.5. The zero-order valence-electron chi connectivity index (χ0n) is 65.5. The summed E-state index contributed by atoms with van der Waals surface area (Å²) in [6.45, 7) is 9.04. The fourth-order valence-corrected chi connectivity index (χ4v) is 16.6. The van der Waals surface area contributed by atoms with Crippen molar-refractivity contribution in [2.45, 2.75) is 198 Å². The number of nitrogens with zero attached hydrogens (tertiary/aromatic N) is 4. The second-order valence-corrected chi connectivity index (χ2v) is 31.5. The number of alkyl carbamates (subject to hydrolysis) is 1. The second-order valence-electron chi connectivity index (χ2n) is 31.5. The van der Waals surface area contributed by atoms with Gasteiger partial charge in [-0.05, 0) is 178 Å². The molecule has 0 unspecified atom stereocenters. The predicted molar refractivity (Wildman–Crippen MR) is 422 cm³/mol. The van der Waals surface area contributed by atoms with E-state index in [9.17, 15) is 24.0 Å². The lowest BCUT2D eigenvalue weighted by Crippen LogP contribution is -2.63. The number of halogens is 1. The van der Waals surface area contributed by atoms with Gasteiger partial charge in [-0.15, -0.1) is 0 Å². The van der Waals surface area contributed by atoms with Crippen molar-refractivity contribution in [1.82, 2.24) is 40.5 Å². The van der Waals surface area contributed by atoms with Crippen molar-refractivity contribution in [3.63, 3.8) is 0 Å². The molecule has 10 bridgehead atoms. The second kappa shape index (κ2) is 36.8. The molecule has 2 saturated heterocycles. The van der Waals surface area contributed by atoms with Crippen LogP contribution in [0.4, 0.5) is 9.18 Å². The Morgan fingerprint density at radius 1 is 0.726 bits per heavy atom. The van der Waals surface area contributed by atoms with Crippen LogP contribution in [0.3, 0.4) is 0 Å². The van der Waals surface area contributed by atoms with Crippen LogP contribution in [0.25, 0.3) is 22.0 Å². The molecule has 0 saturated carbocycles. The first kappa shape index (κ1) is 81.6. The average Bonchev–Trinajstić information content (AvgIpc) is 1.64. The van der Waals surface area contributed by atoms with Crippen molar-refractivity contribution in [3.8, 4) is 16.9 Å². The first-order valence-electron chi connectivity index (χ1n) is 39.3. The first-order valence-corrected chi connectivity index (χ1v) is 39.3. The number of hydrogen-bond acceptors (Lipinski definition) is 15. The molecule has 6 heterocycles. The molecule has 4 N–H and O–H groups in total.